The summed E-state index contributed by atoms with van der Waals surface area (Å²) in [7, 11) is 0. The lowest BCUT2D eigenvalue weighted by Crippen LogP contribution is -2.03. The third-order valence-corrected chi connectivity index (χ3v) is 1.57. The van der Waals surface area contributed by atoms with E-state index in [0.717, 1.165) is 12.8 Å². The maximum atomic E-state index is 12.3. The zero-order valence-electron chi connectivity index (χ0n) is 7.37. The predicted molar refractivity (Wildman–Crippen MR) is 48.0 cm³/mol. The first-order chi connectivity index (χ1) is 6.33. The molecule has 0 amide bonds. The Labute approximate surface area is 76.7 Å². The summed E-state index contributed by atoms with van der Waals surface area (Å²) in [5.41, 5.74) is 5.31. The van der Waals surface area contributed by atoms with Gasteiger partial charge in [0.15, 0.2) is 0 Å². The number of nitrogens with two attached hydrogens (primary N) is 1. The second-order valence-corrected chi connectivity index (χ2v) is 2.66. The summed E-state index contributed by atoms with van der Waals surface area (Å²) in [5, 5.41) is 0. The molecule has 0 aromatic carbocycles. The Morgan fingerprint density at radius 3 is 2.85 bits per heavy atom. The highest BCUT2D eigenvalue weighted by atomic mass is 19.1. The van der Waals surface area contributed by atoms with E-state index < -0.39 is 5.95 Å². The number of nitrogens with zero attached hydrogens (tertiary/aromatic N) is 1. The number of halogens is 1. The fourth-order valence-corrected chi connectivity index (χ4v) is 0.884. The molecule has 0 bridgehead atoms. The molecule has 0 unspecified atom stereocenters. The molecule has 0 atom stereocenters. The van der Waals surface area contributed by atoms with Crippen LogP contribution in [-0.4, -0.2) is 18.1 Å². The maximum Gasteiger partial charge on any atom is 0.213 e. The molecule has 0 saturated carbocycles. The number of ether oxygens (including phenoxy) is 1. The lowest BCUT2D eigenvalue weighted by Gasteiger charge is -2.03. The van der Waals surface area contributed by atoms with Gasteiger partial charge in [0.05, 0.1) is 12.8 Å². The van der Waals surface area contributed by atoms with Crippen LogP contribution in [0.15, 0.2) is 18.3 Å². The topological polar surface area (TPSA) is 48.1 Å². The van der Waals surface area contributed by atoms with Crippen LogP contribution in [0.2, 0.25) is 0 Å². The number of hydrogen-bond acceptors (Lipinski definition) is 3. The normalized spacial score (nSPS) is 10.0. The summed E-state index contributed by atoms with van der Waals surface area (Å²) in [6, 6.07) is 2.84. The molecular formula is C9H13FN2O. The van der Waals surface area contributed by atoms with Crippen molar-refractivity contribution in [3.63, 3.8) is 0 Å². The Morgan fingerprint density at radius 1 is 1.38 bits per heavy atom. The van der Waals surface area contributed by atoms with Crippen molar-refractivity contribution >= 4 is 0 Å². The Bertz CT molecular complexity index is 238. The minimum absolute atomic E-state index is 0.491. The van der Waals surface area contributed by atoms with Gasteiger partial charge in [0.25, 0.3) is 0 Å². The molecule has 72 valence electrons. The van der Waals surface area contributed by atoms with Gasteiger partial charge in [-0.2, -0.15) is 4.39 Å². The Kier molecular flexibility index (Phi) is 4.18. The van der Waals surface area contributed by atoms with Gasteiger partial charge in [-0.25, -0.2) is 4.98 Å². The quantitative estimate of drug-likeness (QED) is 0.555. The molecule has 1 aromatic heterocycles. The molecule has 2 N–H and O–H groups in total. The van der Waals surface area contributed by atoms with Crippen molar-refractivity contribution < 1.29 is 9.13 Å². The number of aromatic nitrogens is 1. The average molecular weight is 184 g/mol. The van der Waals surface area contributed by atoms with Crippen molar-refractivity contribution in [1.29, 1.82) is 0 Å². The molecule has 0 aliphatic rings. The average Bonchev–Trinajstić information content (AvgIpc) is 2.15. The Hall–Kier alpha value is -1.16. The van der Waals surface area contributed by atoms with Crippen molar-refractivity contribution in [2.75, 3.05) is 13.2 Å². The lowest BCUT2D eigenvalue weighted by atomic mass is 10.3. The van der Waals surface area contributed by atoms with Crippen LogP contribution in [-0.2, 0) is 0 Å². The van der Waals surface area contributed by atoms with E-state index >= 15 is 0 Å². The van der Waals surface area contributed by atoms with Crippen molar-refractivity contribution in [2.24, 2.45) is 5.73 Å². The zero-order chi connectivity index (χ0) is 9.52. The molecule has 3 nitrogen and oxygen atoms in total. The van der Waals surface area contributed by atoms with Crippen LogP contribution in [0.1, 0.15) is 12.8 Å². The highest BCUT2D eigenvalue weighted by Gasteiger charge is 1.94. The largest absolute Gasteiger partial charge is 0.492 e. The second-order valence-electron chi connectivity index (χ2n) is 2.66. The van der Waals surface area contributed by atoms with Gasteiger partial charge in [-0.15, -0.1) is 0 Å². The van der Waals surface area contributed by atoms with Crippen molar-refractivity contribution in [3.8, 4) is 5.75 Å². The number of unbranched alkanes of at least 4 members (excludes halogenated alkanes) is 1. The van der Waals surface area contributed by atoms with Gasteiger partial charge in [0.2, 0.25) is 5.95 Å². The summed E-state index contributed by atoms with van der Waals surface area (Å²) in [6.45, 7) is 1.27. The number of pyridine rings is 1. The third-order valence-electron chi connectivity index (χ3n) is 1.57. The van der Waals surface area contributed by atoms with Gasteiger partial charge in [0.1, 0.15) is 5.75 Å². The molecule has 0 spiro atoms. The molecular weight excluding hydrogens is 171 g/mol. The van der Waals surface area contributed by atoms with Crippen LogP contribution < -0.4 is 10.5 Å². The van der Waals surface area contributed by atoms with Gasteiger partial charge in [0, 0.05) is 0 Å². The SMILES string of the molecule is NCCCCOc1ccc(F)nc1. The van der Waals surface area contributed by atoms with Crippen LogP contribution in [0.4, 0.5) is 4.39 Å². The van der Waals surface area contributed by atoms with Crippen LogP contribution in [0.3, 0.4) is 0 Å². The van der Waals surface area contributed by atoms with Crippen molar-refractivity contribution in [3.05, 3.63) is 24.3 Å². The van der Waals surface area contributed by atoms with E-state index in [1.54, 1.807) is 6.07 Å². The molecule has 0 saturated heterocycles. The van der Waals surface area contributed by atoms with Gasteiger partial charge in [-0.05, 0) is 31.5 Å². The smallest absolute Gasteiger partial charge is 0.213 e. The minimum Gasteiger partial charge on any atom is -0.492 e. The van der Waals surface area contributed by atoms with Gasteiger partial charge in [-0.1, -0.05) is 0 Å². The third kappa shape index (κ3) is 3.85. The first-order valence-electron chi connectivity index (χ1n) is 4.27. The molecule has 1 heterocycles. The van der Waals surface area contributed by atoms with Gasteiger partial charge in [-0.3, -0.25) is 0 Å². The van der Waals surface area contributed by atoms with Crippen molar-refractivity contribution in [2.45, 2.75) is 12.8 Å². The first-order valence-corrected chi connectivity index (χ1v) is 4.27. The van der Waals surface area contributed by atoms with Crippen LogP contribution in [0.25, 0.3) is 0 Å². The van der Waals surface area contributed by atoms with E-state index in [4.69, 9.17) is 10.5 Å². The molecule has 0 aliphatic carbocycles. The van der Waals surface area contributed by atoms with Crippen LogP contribution >= 0.6 is 0 Å². The Morgan fingerprint density at radius 2 is 2.23 bits per heavy atom. The molecule has 0 radical (unpaired) electrons. The van der Waals surface area contributed by atoms with Crippen molar-refractivity contribution in [1.82, 2.24) is 4.98 Å². The number of rotatable bonds is 5. The minimum atomic E-state index is -0.491. The van der Waals surface area contributed by atoms with Gasteiger partial charge >= 0.3 is 0 Å². The highest BCUT2D eigenvalue weighted by molar-refractivity contribution is 5.15. The van der Waals surface area contributed by atoms with E-state index in [0.29, 0.717) is 18.9 Å². The zero-order valence-corrected chi connectivity index (χ0v) is 7.37. The summed E-state index contributed by atoms with van der Waals surface area (Å²) in [5.74, 6) is 0.104. The standard InChI is InChI=1S/C9H13FN2O/c10-9-4-3-8(7-12-9)13-6-2-1-5-11/h3-4,7H,1-2,5-6,11H2. The van der Waals surface area contributed by atoms with Gasteiger partial charge < -0.3 is 10.5 Å². The molecule has 0 aliphatic heterocycles. The molecule has 1 aromatic rings. The highest BCUT2D eigenvalue weighted by Crippen LogP contribution is 2.08. The maximum absolute atomic E-state index is 12.3. The monoisotopic (exact) mass is 184 g/mol. The second kappa shape index (κ2) is 5.48. The molecule has 13 heavy (non-hydrogen) atoms. The van der Waals surface area contributed by atoms with E-state index in [2.05, 4.69) is 4.98 Å². The summed E-state index contributed by atoms with van der Waals surface area (Å²) in [6.07, 6.45) is 3.22. The first kappa shape index (κ1) is 9.92. The summed E-state index contributed by atoms with van der Waals surface area (Å²) in [4.78, 5) is 3.46. The molecule has 4 heteroatoms. The summed E-state index contributed by atoms with van der Waals surface area (Å²) >= 11 is 0. The number of hydrogen-bond donors (Lipinski definition) is 1. The van der Waals surface area contributed by atoms with E-state index in [1.807, 2.05) is 0 Å². The van der Waals surface area contributed by atoms with E-state index in [-0.39, 0.29) is 0 Å². The molecule has 0 fully saturated rings. The van der Waals surface area contributed by atoms with E-state index in [9.17, 15) is 4.39 Å². The Balaban J connectivity index is 2.25. The fourth-order valence-electron chi connectivity index (χ4n) is 0.884. The predicted octanol–water partition coefficient (Wildman–Crippen LogP) is 1.34. The summed E-state index contributed by atoms with van der Waals surface area (Å²) < 4.78 is 17.6. The fraction of sp³-hybridized carbons (Fsp3) is 0.444. The molecule has 1 rings (SSSR count). The van der Waals surface area contributed by atoms with Crippen LogP contribution in [0.5, 0.6) is 5.75 Å². The van der Waals surface area contributed by atoms with Crippen LogP contribution in [0, 0.1) is 5.95 Å². The lowest BCUT2D eigenvalue weighted by molar-refractivity contribution is 0.305. The van der Waals surface area contributed by atoms with E-state index in [1.165, 1.54) is 12.3 Å².